The van der Waals surface area contributed by atoms with Crippen molar-refractivity contribution in [3.05, 3.63) is 0 Å². The van der Waals surface area contributed by atoms with Crippen molar-refractivity contribution in [3.8, 4) is 0 Å². The van der Waals surface area contributed by atoms with Gasteiger partial charge in [-0.2, -0.15) is 0 Å². The van der Waals surface area contributed by atoms with Crippen molar-refractivity contribution in [2.24, 2.45) is 5.92 Å². The van der Waals surface area contributed by atoms with Crippen LogP contribution in [0.3, 0.4) is 0 Å². The van der Waals surface area contributed by atoms with E-state index in [0.29, 0.717) is 13.0 Å². The SMILES string of the molecule is CCOC(=O)CCN(C)C(=O)C(CC(C)C)NS(C)(=O)=O. The molecule has 0 aliphatic carbocycles. The number of rotatable bonds is 9. The number of nitrogens with one attached hydrogen (secondary N) is 1. The van der Waals surface area contributed by atoms with Crippen LogP contribution in [0.5, 0.6) is 0 Å². The summed E-state index contributed by atoms with van der Waals surface area (Å²) in [6, 6.07) is -0.813. The van der Waals surface area contributed by atoms with E-state index < -0.39 is 16.1 Å². The van der Waals surface area contributed by atoms with E-state index in [4.69, 9.17) is 4.74 Å². The minimum absolute atomic E-state index is 0.0867. The van der Waals surface area contributed by atoms with E-state index in [1.807, 2.05) is 13.8 Å². The number of carbonyl (C=O) groups excluding carboxylic acids is 2. The van der Waals surface area contributed by atoms with Gasteiger partial charge in [0.05, 0.1) is 19.3 Å². The van der Waals surface area contributed by atoms with E-state index in [-0.39, 0.29) is 30.8 Å². The fraction of sp³-hybridized carbons (Fsp3) is 0.846. The quantitative estimate of drug-likeness (QED) is 0.619. The Morgan fingerprint density at radius 3 is 2.29 bits per heavy atom. The maximum atomic E-state index is 12.3. The van der Waals surface area contributed by atoms with E-state index >= 15 is 0 Å². The highest BCUT2D eigenvalue weighted by Gasteiger charge is 2.26. The third-order valence-electron chi connectivity index (χ3n) is 2.69. The average molecular weight is 322 g/mol. The predicted octanol–water partition coefficient (Wildman–Crippen LogP) is 0.362. The molecule has 0 fully saturated rings. The van der Waals surface area contributed by atoms with Gasteiger partial charge in [-0.05, 0) is 19.3 Å². The highest BCUT2D eigenvalue weighted by molar-refractivity contribution is 7.88. The van der Waals surface area contributed by atoms with E-state index in [1.54, 1.807) is 14.0 Å². The van der Waals surface area contributed by atoms with Gasteiger partial charge >= 0.3 is 5.97 Å². The normalized spacial score (nSPS) is 13.0. The molecule has 0 aromatic heterocycles. The fourth-order valence-corrected chi connectivity index (χ4v) is 2.51. The predicted molar refractivity (Wildman–Crippen MR) is 80.1 cm³/mol. The van der Waals surface area contributed by atoms with Crippen molar-refractivity contribution in [2.45, 2.75) is 39.7 Å². The largest absolute Gasteiger partial charge is 0.466 e. The molecule has 0 saturated carbocycles. The molecule has 0 saturated heterocycles. The molecule has 1 amide bonds. The Kier molecular flexibility index (Phi) is 8.50. The molecule has 7 nitrogen and oxygen atoms in total. The lowest BCUT2D eigenvalue weighted by molar-refractivity contribution is -0.144. The van der Waals surface area contributed by atoms with Gasteiger partial charge in [-0.25, -0.2) is 13.1 Å². The van der Waals surface area contributed by atoms with Crippen molar-refractivity contribution < 1.29 is 22.7 Å². The van der Waals surface area contributed by atoms with Crippen LogP contribution >= 0.6 is 0 Å². The van der Waals surface area contributed by atoms with Crippen molar-refractivity contribution in [1.82, 2.24) is 9.62 Å². The molecule has 8 heteroatoms. The zero-order chi connectivity index (χ0) is 16.6. The number of amides is 1. The summed E-state index contributed by atoms with van der Waals surface area (Å²) in [6.07, 6.45) is 1.51. The Bertz CT molecular complexity index is 447. The number of sulfonamides is 1. The standard InChI is InChI=1S/C13H26N2O5S/c1-6-20-12(16)7-8-15(4)13(17)11(9-10(2)3)14-21(5,18)19/h10-11,14H,6-9H2,1-5H3. The second-order valence-corrected chi connectivity index (χ2v) is 7.17. The molecule has 1 unspecified atom stereocenters. The summed E-state index contributed by atoms with van der Waals surface area (Å²) < 4.78 is 29.8. The first kappa shape index (κ1) is 19.9. The van der Waals surface area contributed by atoms with Crippen LogP contribution in [0.4, 0.5) is 0 Å². The minimum atomic E-state index is -3.48. The Labute approximate surface area is 127 Å². The van der Waals surface area contributed by atoms with E-state index in [9.17, 15) is 18.0 Å². The second kappa shape index (κ2) is 8.99. The Hall–Kier alpha value is -1.15. The molecular weight excluding hydrogens is 296 g/mol. The molecule has 124 valence electrons. The summed E-state index contributed by atoms with van der Waals surface area (Å²) in [5.41, 5.74) is 0. The number of nitrogens with zero attached hydrogens (tertiary/aromatic N) is 1. The van der Waals surface area contributed by atoms with E-state index in [1.165, 1.54) is 4.90 Å². The molecule has 0 radical (unpaired) electrons. The minimum Gasteiger partial charge on any atom is -0.466 e. The number of likely N-dealkylation sites (N-methyl/N-ethyl adjacent to an activating group) is 1. The lowest BCUT2D eigenvalue weighted by Crippen LogP contribution is -2.48. The molecule has 0 aliphatic rings. The first-order chi connectivity index (χ1) is 9.56. The highest BCUT2D eigenvalue weighted by Crippen LogP contribution is 2.09. The molecule has 0 aromatic carbocycles. The monoisotopic (exact) mass is 322 g/mol. The van der Waals surface area contributed by atoms with Gasteiger partial charge in [0, 0.05) is 13.6 Å². The van der Waals surface area contributed by atoms with Crippen LogP contribution in [-0.2, 0) is 24.3 Å². The number of ether oxygens (including phenoxy) is 1. The topological polar surface area (TPSA) is 92.8 Å². The molecule has 1 N–H and O–H groups in total. The van der Waals surface area contributed by atoms with Crippen LogP contribution in [0.25, 0.3) is 0 Å². The van der Waals surface area contributed by atoms with Gasteiger partial charge in [0.2, 0.25) is 15.9 Å². The van der Waals surface area contributed by atoms with E-state index in [2.05, 4.69) is 4.72 Å². The fourth-order valence-electron chi connectivity index (χ4n) is 1.80. The van der Waals surface area contributed by atoms with Gasteiger partial charge in [-0.1, -0.05) is 13.8 Å². The maximum Gasteiger partial charge on any atom is 0.307 e. The van der Waals surface area contributed by atoms with Gasteiger partial charge in [-0.3, -0.25) is 9.59 Å². The summed E-state index contributed by atoms with van der Waals surface area (Å²) in [4.78, 5) is 24.9. The molecule has 0 rings (SSSR count). The van der Waals surface area contributed by atoms with E-state index in [0.717, 1.165) is 6.26 Å². The van der Waals surface area contributed by atoms with Crippen LogP contribution in [0.15, 0.2) is 0 Å². The van der Waals surface area contributed by atoms with Crippen molar-refractivity contribution in [1.29, 1.82) is 0 Å². The molecule has 21 heavy (non-hydrogen) atoms. The van der Waals surface area contributed by atoms with Crippen LogP contribution in [0.1, 0.15) is 33.6 Å². The molecule has 1 atom stereocenters. The van der Waals surface area contributed by atoms with Crippen LogP contribution in [0.2, 0.25) is 0 Å². The van der Waals surface area contributed by atoms with Gasteiger partial charge < -0.3 is 9.64 Å². The number of carbonyl (C=O) groups is 2. The molecule has 0 aromatic rings. The van der Waals surface area contributed by atoms with Crippen molar-refractivity contribution in [3.63, 3.8) is 0 Å². The molecule has 0 spiro atoms. The number of esters is 1. The maximum absolute atomic E-state index is 12.3. The number of hydrogen-bond acceptors (Lipinski definition) is 5. The summed E-state index contributed by atoms with van der Waals surface area (Å²) in [7, 11) is -1.94. The third kappa shape index (κ3) is 9.41. The first-order valence-electron chi connectivity index (χ1n) is 6.94. The second-order valence-electron chi connectivity index (χ2n) is 5.39. The van der Waals surface area contributed by atoms with Crippen molar-refractivity contribution >= 4 is 21.9 Å². The van der Waals surface area contributed by atoms with Crippen LogP contribution in [-0.4, -0.2) is 57.7 Å². The smallest absolute Gasteiger partial charge is 0.307 e. The van der Waals surface area contributed by atoms with Crippen LogP contribution in [0, 0.1) is 5.92 Å². The lowest BCUT2D eigenvalue weighted by atomic mass is 10.0. The molecule has 0 heterocycles. The summed E-state index contributed by atoms with van der Waals surface area (Å²) in [6.45, 7) is 6.01. The first-order valence-corrected chi connectivity index (χ1v) is 8.83. The molecular formula is C13H26N2O5S. The Morgan fingerprint density at radius 1 is 1.29 bits per heavy atom. The zero-order valence-corrected chi connectivity index (χ0v) is 14.2. The summed E-state index contributed by atoms with van der Waals surface area (Å²) in [5, 5.41) is 0. The number of hydrogen-bond donors (Lipinski definition) is 1. The van der Waals surface area contributed by atoms with Gasteiger partial charge in [0.1, 0.15) is 6.04 Å². The van der Waals surface area contributed by atoms with Gasteiger partial charge in [0.25, 0.3) is 0 Å². The Balaban J connectivity index is 4.66. The van der Waals surface area contributed by atoms with Crippen molar-refractivity contribution in [2.75, 3.05) is 26.5 Å². The van der Waals surface area contributed by atoms with Gasteiger partial charge in [-0.15, -0.1) is 0 Å². The zero-order valence-electron chi connectivity index (χ0n) is 13.4. The summed E-state index contributed by atoms with van der Waals surface area (Å²) in [5.74, 6) is -0.571. The van der Waals surface area contributed by atoms with Crippen LogP contribution < -0.4 is 4.72 Å². The average Bonchev–Trinajstić information content (AvgIpc) is 2.32. The molecule has 0 bridgehead atoms. The van der Waals surface area contributed by atoms with Gasteiger partial charge in [0.15, 0.2) is 0 Å². The summed E-state index contributed by atoms with van der Waals surface area (Å²) >= 11 is 0. The lowest BCUT2D eigenvalue weighted by Gasteiger charge is -2.25. The molecule has 0 aliphatic heterocycles. The third-order valence-corrected chi connectivity index (χ3v) is 3.41. The highest BCUT2D eigenvalue weighted by atomic mass is 32.2. The Morgan fingerprint density at radius 2 is 1.86 bits per heavy atom.